The number of hydrogen-bond acceptors (Lipinski definition) is 5. The minimum absolute atomic E-state index is 0. The van der Waals surface area contributed by atoms with E-state index in [2.05, 4.69) is 17.2 Å². The molecule has 0 rings (SSSR count). The molecule has 0 fully saturated rings. The van der Waals surface area contributed by atoms with E-state index in [9.17, 15) is 9.59 Å². The van der Waals surface area contributed by atoms with Crippen molar-refractivity contribution in [2.75, 3.05) is 13.1 Å². The van der Waals surface area contributed by atoms with Gasteiger partial charge in [-0.05, 0) is 6.42 Å². The Morgan fingerprint density at radius 3 is 2.09 bits per heavy atom. The first-order valence-electron chi connectivity index (χ1n) is 8.35. The van der Waals surface area contributed by atoms with E-state index in [0.29, 0.717) is 19.5 Å². The van der Waals surface area contributed by atoms with Gasteiger partial charge >= 0.3 is 35.5 Å². The summed E-state index contributed by atoms with van der Waals surface area (Å²) in [4.78, 5) is 27.4. The summed E-state index contributed by atoms with van der Waals surface area (Å²) in [5, 5.41) is 0. The number of Topliss-reactive ketones (excluding diaryl/α,β-unsaturated/α-hetero) is 1. The van der Waals surface area contributed by atoms with Crippen LogP contribution in [0.15, 0.2) is 0 Å². The third-order valence-electron chi connectivity index (χ3n) is 3.33. The van der Waals surface area contributed by atoms with Crippen LogP contribution in [0.3, 0.4) is 0 Å². The second-order valence-corrected chi connectivity index (χ2v) is 5.45. The van der Waals surface area contributed by atoms with Crippen LogP contribution in [0.2, 0.25) is 0 Å². The summed E-state index contributed by atoms with van der Waals surface area (Å²) in [5.74, 6) is -0.568. The van der Waals surface area contributed by atoms with E-state index in [1.165, 1.54) is 44.9 Å². The van der Waals surface area contributed by atoms with E-state index in [4.69, 9.17) is 5.73 Å². The Bertz CT molecular complexity index is 282. The van der Waals surface area contributed by atoms with Gasteiger partial charge in [-0.1, -0.05) is 58.3 Å². The van der Waals surface area contributed by atoms with Crippen LogP contribution in [0, 0.1) is 0 Å². The molecule has 0 bridgehead atoms. The summed E-state index contributed by atoms with van der Waals surface area (Å²) in [7, 11) is 0. The molecule has 5 nitrogen and oxygen atoms in total. The summed E-state index contributed by atoms with van der Waals surface area (Å²) in [6, 6.07) is 0. The van der Waals surface area contributed by atoms with E-state index < -0.39 is 5.97 Å². The van der Waals surface area contributed by atoms with Crippen LogP contribution in [-0.4, -0.2) is 24.8 Å². The van der Waals surface area contributed by atoms with Gasteiger partial charge in [0.05, 0.1) is 0 Å². The van der Waals surface area contributed by atoms with Gasteiger partial charge in [0, 0.05) is 19.5 Å². The van der Waals surface area contributed by atoms with Crippen LogP contribution in [0.4, 0.5) is 0 Å². The zero-order chi connectivity index (χ0) is 15.8. The van der Waals surface area contributed by atoms with E-state index in [-0.39, 0.29) is 43.2 Å². The SMILES string of the molecule is CCCCCCCCCCCC(=O)CC(=O)ONCCN.[H-].[Na+]. The molecule has 0 unspecified atom stereocenters. The molecule has 0 amide bonds. The monoisotopic (exact) mass is 324 g/mol. The Labute approximate surface area is 158 Å². The van der Waals surface area contributed by atoms with Crippen LogP contribution in [0.1, 0.15) is 79.0 Å². The molecule has 6 heteroatoms. The average Bonchev–Trinajstić information content (AvgIpc) is 2.45. The molecule has 0 aromatic rings. The number of nitrogens with two attached hydrogens (primary N) is 1. The number of hydrogen-bond donors (Lipinski definition) is 2. The predicted octanol–water partition coefficient (Wildman–Crippen LogP) is -0.0105. The molecule has 3 N–H and O–H groups in total. The molecule has 0 aromatic heterocycles. The summed E-state index contributed by atoms with van der Waals surface area (Å²) in [5.41, 5.74) is 7.65. The van der Waals surface area contributed by atoms with Crippen molar-refractivity contribution < 1.29 is 45.4 Å². The van der Waals surface area contributed by atoms with Crippen LogP contribution in [-0.2, 0) is 14.4 Å². The smallest absolute Gasteiger partial charge is 1.00 e. The van der Waals surface area contributed by atoms with Crippen molar-refractivity contribution in [2.45, 2.75) is 77.6 Å². The van der Waals surface area contributed by atoms with Gasteiger partial charge in [0.15, 0.2) is 0 Å². The quantitative estimate of drug-likeness (QED) is 0.192. The second kappa shape index (κ2) is 19.1. The number of nitrogens with one attached hydrogen (secondary N) is 1. The molecule has 126 valence electrons. The summed E-state index contributed by atoms with van der Waals surface area (Å²) >= 11 is 0. The molecular formula is C16H33N2NaO3. The molecule has 0 aliphatic rings. The van der Waals surface area contributed by atoms with Gasteiger partial charge in [0.25, 0.3) is 0 Å². The number of unbranched alkanes of at least 4 members (excludes halogenated alkanes) is 8. The Morgan fingerprint density at radius 1 is 1.00 bits per heavy atom. The molecule has 0 aliphatic carbocycles. The summed E-state index contributed by atoms with van der Waals surface area (Å²) in [6.45, 7) is 3.01. The fraction of sp³-hybridized carbons (Fsp3) is 0.875. The van der Waals surface area contributed by atoms with Gasteiger partial charge in [-0.2, -0.15) is 5.48 Å². The van der Waals surface area contributed by atoms with Crippen LogP contribution >= 0.6 is 0 Å². The molecule has 0 aromatic carbocycles. The van der Waals surface area contributed by atoms with Crippen LogP contribution < -0.4 is 40.8 Å². The third-order valence-corrected chi connectivity index (χ3v) is 3.33. The minimum atomic E-state index is -0.524. The molecule has 0 radical (unpaired) electrons. The van der Waals surface area contributed by atoms with E-state index in [0.717, 1.165) is 12.8 Å². The predicted molar refractivity (Wildman–Crippen MR) is 85.7 cm³/mol. The molecule has 0 aliphatic heterocycles. The van der Waals surface area contributed by atoms with Gasteiger partial charge in [0.2, 0.25) is 0 Å². The topological polar surface area (TPSA) is 81.4 Å². The van der Waals surface area contributed by atoms with Crippen molar-refractivity contribution >= 4 is 11.8 Å². The molecule has 0 spiro atoms. The molecule has 0 heterocycles. The largest absolute Gasteiger partial charge is 1.00 e. The molecule has 22 heavy (non-hydrogen) atoms. The zero-order valence-electron chi connectivity index (χ0n) is 15.5. The average molecular weight is 324 g/mol. The summed E-state index contributed by atoms with van der Waals surface area (Å²) < 4.78 is 0. The maximum absolute atomic E-state index is 11.5. The van der Waals surface area contributed by atoms with Crippen molar-refractivity contribution in [3.05, 3.63) is 0 Å². The summed E-state index contributed by atoms with van der Waals surface area (Å²) in [6.07, 6.45) is 11.3. The van der Waals surface area contributed by atoms with Crippen molar-refractivity contribution in [1.29, 1.82) is 0 Å². The zero-order valence-corrected chi connectivity index (χ0v) is 16.5. The maximum Gasteiger partial charge on any atom is 1.00 e. The van der Waals surface area contributed by atoms with Crippen molar-refractivity contribution in [3.8, 4) is 0 Å². The minimum Gasteiger partial charge on any atom is -1.00 e. The third kappa shape index (κ3) is 18.1. The van der Waals surface area contributed by atoms with Gasteiger partial charge in [-0.25, -0.2) is 4.79 Å². The number of hydroxylamine groups is 1. The Morgan fingerprint density at radius 2 is 1.55 bits per heavy atom. The van der Waals surface area contributed by atoms with Gasteiger partial charge in [-0.3, -0.25) is 4.79 Å². The first-order valence-corrected chi connectivity index (χ1v) is 8.35. The second-order valence-electron chi connectivity index (χ2n) is 5.45. The standard InChI is InChI=1S/C16H32N2O3.Na.H/c1-2-3-4-5-6-7-8-9-10-11-15(19)14-16(20)21-18-13-12-17;;/h18H,2-14,17H2,1H3;;/q;+1;-1. The first-order chi connectivity index (χ1) is 10.2. The first kappa shape index (κ1) is 24.3. The Kier molecular flexibility index (Phi) is 21.1. The molecule has 0 saturated heterocycles. The number of ketones is 1. The fourth-order valence-corrected chi connectivity index (χ4v) is 2.11. The number of rotatable bonds is 15. The van der Waals surface area contributed by atoms with Gasteiger partial charge in [0.1, 0.15) is 12.2 Å². The van der Waals surface area contributed by atoms with Gasteiger partial charge < -0.3 is 12.0 Å². The van der Waals surface area contributed by atoms with E-state index in [1.807, 2.05) is 0 Å². The van der Waals surface area contributed by atoms with E-state index >= 15 is 0 Å². The Balaban J connectivity index is -0.00000200. The number of carbonyl (C=O) groups is 2. The van der Waals surface area contributed by atoms with E-state index in [1.54, 1.807) is 0 Å². The van der Waals surface area contributed by atoms with Crippen molar-refractivity contribution in [1.82, 2.24) is 5.48 Å². The van der Waals surface area contributed by atoms with Crippen LogP contribution in [0.5, 0.6) is 0 Å². The van der Waals surface area contributed by atoms with Gasteiger partial charge in [-0.15, -0.1) is 0 Å². The van der Waals surface area contributed by atoms with Crippen molar-refractivity contribution in [3.63, 3.8) is 0 Å². The molecule has 0 saturated carbocycles. The number of carbonyl (C=O) groups excluding carboxylic acids is 2. The molecular weight excluding hydrogens is 291 g/mol. The van der Waals surface area contributed by atoms with Crippen molar-refractivity contribution in [2.24, 2.45) is 5.73 Å². The molecule has 0 atom stereocenters. The fourth-order valence-electron chi connectivity index (χ4n) is 2.11. The Hall–Kier alpha value is 0.0600. The van der Waals surface area contributed by atoms with Crippen LogP contribution in [0.25, 0.3) is 0 Å². The normalized spacial score (nSPS) is 10.1. The maximum atomic E-state index is 11.5.